The van der Waals surface area contributed by atoms with E-state index >= 15 is 0 Å². The number of thioether (sulfide) groups is 1. The lowest BCUT2D eigenvalue weighted by Gasteiger charge is -2.09. The van der Waals surface area contributed by atoms with E-state index in [-0.39, 0.29) is 11.0 Å². The minimum absolute atomic E-state index is 0.0750. The summed E-state index contributed by atoms with van der Waals surface area (Å²) in [4.78, 5) is 11.1. The summed E-state index contributed by atoms with van der Waals surface area (Å²) in [6.45, 7) is 6.14. The first-order valence-corrected chi connectivity index (χ1v) is 5.26. The summed E-state index contributed by atoms with van der Waals surface area (Å²) < 4.78 is 5.51. The van der Waals surface area contributed by atoms with Crippen LogP contribution in [0.3, 0.4) is 0 Å². The SMILES string of the molecule is CCOC(=S)SC(C)C(=O)CC. The molecule has 0 rings (SSSR count). The number of hydrogen-bond acceptors (Lipinski definition) is 4. The largest absolute Gasteiger partial charge is 0.479 e. The molecule has 2 nitrogen and oxygen atoms in total. The topological polar surface area (TPSA) is 26.3 Å². The van der Waals surface area contributed by atoms with Crippen LogP contribution in [0.4, 0.5) is 0 Å². The van der Waals surface area contributed by atoms with Crippen LogP contribution in [-0.2, 0) is 9.53 Å². The van der Waals surface area contributed by atoms with Gasteiger partial charge in [0.15, 0.2) is 0 Å². The summed E-state index contributed by atoms with van der Waals surface area (Å²) in [6, 6.07) is 0. The van der Waals surface area contributed by atoms with Gasteiger partial charge in [0.2, 0.25) is 4.38 Å². The van der Waals surface area contributed by atoms with Crippen LogP contribution < -0.4 is 0 Å². The van der Waals surface area contributed by atoms with Crippen LogP contribution in [-0.4, -0.2) is 22.0 Å². The summed E-state index contributed by atoms with van der Waals surface area (Å²) in [5.74, 6) is 0.210. The van der Waals surface area contributed by atoms with Crippen molar-refractivity contribution in [2.75, 3.05) is 6.61 Å². The van der Waals surface area contributed by atoms with Gasteiger partial charge in [-0.3, -0.25) is 4.79 Å². The Labute approximate surface area is 83.1 Å². The number of carbonyl (C=O) groups excluding carboxylic acids is 1. The van der Waals surface area contributed by atoms with Gasteiger partial charge in [0, 0.05) is 6.42 Å². The molecule has 0 bridgehead atoms. The fraction of sp³-hybridized carbons (Fsp3) is 0.750. The maximum absolute atomic E-state index is 11.1. The lowest BCUT2D eigenvalue weighted by Crippen LogP contribution is -2.14. The zero-order valence-electron chi connectivity index (χ0n) is 7.62. The van der Waals surface area contributed by atoms with E-state index < -0.39 is 0 Å². The Kier molecular flexibility index (Phi) is 6.38. The lowest BCUT2D eigenvalue weighted by molar-refractivity contribution is -0.117. The highest BCUT2D eigenvalue weighted by molar-refractivity contribution is 8.23. The number of Topliss-reactive ketones (excluding diaryl/α,β-unsaturated/α-hetero) is 1. The molecule has 0 fully saturated rings. The quantitative estimate of drug-likeness (QED) is 0.660. The summed E-state index contributed by atoms with van der Waals surface area (Å²) in [5, 5.41) is -0.0750. The predicted molar refractivity (Wildman–Crippen MR) is 56.6 cm³/mol. The van der Waals surface area contributed by atoms with Gasteiger partial charge in [0.1, 0.15) is 5.78 Å². The first-order valence-electron chi connectivity index (χ1n) is 3.97. The molecule has 0 aliphatic rings. The molecule has 0 aliphatic heterocycles. The minimum atomic E-state index is -0.0750. The normalized spacial score (nSPS) is 12.2. The molecule has 12 heavy (non-hydrogen) atoms. The molecule has 0 aliphatic carbocycles. The van der Waals surface area contributed by atoms with Crippen molar-refractivity contribution in [2.45, 2.75) is 32.4 Å². The number of ether oxygens (including phenoxy) is 1. The van der Waals surface area contributed by atoms with Gasteiger partial charge in [0.05, 0.1) is 11.9 Å². The molecule has 1 atom stereocenters. The van der Waals surface area contributed by atoms with Crippen LogP contribution in [0.25, 0.3) is 0 Å². The van der Waals surface area contributed by atoms with Gasteiger partial charge >= 0.3 is 0 Å². The van der Waals surface area contributed by atoms with Gasteiger partial charge in [-0.1, -0.05) is 18.7 Å². The third-order valence-corrected chi connectivity index (χ3v) is 2.67. The van der Waals surface area contributed by atoms with Crippen molar-refractivity contribution in [1.82, 2.24) is 0 Å². The Bertz CT molecular complexity index is 168. The van der Waals surface area contributed by atoms with E-state index in [4.69, 9.17) is 17.0 Å². The highest BCUT2D eigenvalue weighted by Crippen LogP contribution is 2.15. The molecule has 0 aromatic carbocycles. The van der Waals surface area contributed by atoms with Crippen LogP contribution >= 0.6 is 24.0 Å². The van der Waals surface area contributed by atoms with E-state index in [0.29, 0.717) is 17.4 Å². The van der Waals surface area contributed by atoms with Gasteiger partial charge in [-0.05, 0) is 26.1 Å². The van der Waals surface area contributed by atoms with E-state index in [1.165, 1.54) is 11.8 Å². The molecule has 4 heteroatoms. The highest BCUT2D eigenvalue weighted by Gasteiger charge is 2.13. The van der Waals surface area contributed by atoms with E-state index in [1.807, 2.05) is 20.8 Å². The van der Waals surface area contributed by atoms with E-state index in [1.54, 1.807) is 0 Å². The van der Waals surface area contributed by atoms with Crippen molar-refractivity contribution in [2.24, 2.45) is 0 Å². The summed E-state index contributed by atoms with van der Waals surface area (Å²) >= 11 is 6.20. The molecule has 70 valence electrons. The van der Waals surface area contributed by atoms with Crippen LogP contribution in [0, 0.1) is 0 Å². The Morgan fingerprint density at radius 1 is 1.58 bits per heavy atom. The van der Waals surface area contributed by atoms with Gasteiger partial charge in [-0.15, -0.1) is 0 Å². The molecule has 0 amide bonds. The molecule has 0 radical (unpaired) electrons. The Morgan fingerprint density at radius 3 is 2.58 bits per heavy atom. The Balaban J connectivity index is 3.75. The van der Waals surface area contributed by atoms with Crippen molar-refractivity contribution >= 4 is 34.1 Å². The summed E-state index contributed by atoms with van der Waals surface area (Å²) in [5.41, 5.74) is 0. The number of hydrogen-bond donors (Lipinski definition) is 0. The molecule has 0 saturated heterocycles. The number of carbonyl (C=O) groups is 1. The molecule has 0 heterocycles. The minimum Gasteiger partial charge on any atom is -0.479 e. The second kappa shape index (κ2) is 6.43. The van der Waals surface area contributed by atoms with Crippen LogP contribution in [0.2, 0.25) is 0 Å². The zero-order valence-corrected chi connectivity index (χ0v) is 9.26. The molecular formula is C8H14O2S2. The molecule has 0 aromatic heterocycles. The number of thiocarbonyl (C=S) groups is 1. The molecule has 0 aromatic rings. The van der Waals surface area contributed by atoms with Gasteiger partial charge < -0.3 is 4.74 Å². The monoisotopic (exact) mass is 206 g/mol. The predicted octanol–water partition coefficient (Wildman–Crippen LogP) is 2.41. The van der Waals surface area contributed by atoms with E-state index in [0.717, 1.165) is 0 Å². The first kappa shape index (κ1) is 11.9. The molecule has 0 N–H and O–H groups in total. The average Bonchev–Trinajstić information content (AvgIpc) is 2.03. The highest BCUT2D eigenvalue weighted by atomic mass is 32.2. The Hall–Kier alpha value is -0.0900. The van der Waals surface area contributed by atoms with E-state index in [2.05, 4.69) is 0 Å². The molecule has 0 saturated carbocycles. The smallest absolute Gasteiger partial charge is 0.220 e. The molecule has 0 spiro atoms. The third-order valence-electron chi connectivity index (χ3n) is 1.34. The first-order chi connectivity index (χ1) is 5.61. The van der Waals surface area contributed by atoms with Crippen LogP contribution in [0.15, 0.2) is 0 Å². The number of ketones is 1. The van der Waals surface area contributed by atoms with Crippen LogP contribution in [0.1, 0.15) is 27.2 Å². The fourth-order valence-corrected chi connectivity index (χ4v) is 1.97. The zero-order chi connectivity index (χ0) is 9.56. The van der Waals surface area contributed by atoms with Gasteiger partial charge in [-0.25, -0.2) is 0 Å². The lowest BCUT2D eigenvalue weighted by atomic mass is 10.2. The maximum atomic E-state index is 11.1. The van der Waals surface area contributed by atoms with E-state index in [9.17, 15) is 4.79 Å². The molecule has 1 unspecified atom stereocenters. The second-order valence-electron chi connectivity index (χ2n) is 2.26. The average molecular weight is 206 g/mol. The van der Waals surface area contributed by atoms with Crippen molar-refractivity contribution in [3.8, 4) is 0 Å². The van der Waals surface area contributed by atoms with Crippen molar-refractivity contribution in [3.05, 3.63) is 0 Å². The van der Waals surface area contributed by atoms with Gasteiger partial charge in [0.25, 0.3) is 0 Å². The standard InChI is InChI=1S/C8H14O2S2/c1-4-7(9)6(3)12-8(11)10-5-2/h6H,4-5H2,1-3H3. The van der Waals surface area contributed by atoms with Crippen molar-refractivity contribution in [1.29, 1.82) is 0 Å². The fourth-order valence-electron chi connectivity index (χ4n) is 0.649. The van der Waals surface area contributed by atoms with Crippen molar-refractivity contribution in [3.63, 3.8) is 0 Å². The van der Waals surface area contributed by atoms with Crippen molar-refractivity contribution < 1.29 is 9.53 Å². The maximum Gasteiger partial charge on any atom is 0.220 e. The third kappa shape index (κ3) is 4.72. The van der Waals surface area contributed by atoms with Gasteiger partial charge in [-0.2, -0.15) is 0 Å². The summed E-state index contributed by atoms with van der Waals surface area (Å²) in [6.07, 6.45) is 0.558. The Morgan fingerprint density at radius 2 is 2.17 bits per heavy atom. The number of rotatable bonds is 4. The molecular weight excluding hydrogens is 192 g/mol. The summed E-state index contributed by atoms with van der Waals surface area (Å²) in [7, 11) is 0. The van der Waals surface area contributed by atoms with Crippen LogP contribution in [0.5, 0.6) is 0 Å². The second-order valence-corrected chi connectivity index (χ2v) is 4.21.